The molecule has 2 aromatic heterocycles. The first-order valence-corrected chi connectivity index (χ1v) is 11.3. The fourth-order valence-corrected chi connectivity index (χ4v) is 5.23. The zero-order valence-electron chi connectivity index (χ0n) is 17.7. The maximum atomic E-state index is 13.0. The predicted molar refractivity (Wildman–Crippen MR) is 115 cm³/mol. The van der Waals surface area contributed by atoms with Gasteiger partial charge in [-0.1, -0.05) is 0 Å². The van der Waals surface area contributed by atoms with Crippen molar-refractivity contribution in [3.8, 4) is 0 Å². The summed E-state index contributed by atoms with van der Waals surface area (Å²) in [4.78, 5) is 41.1. The Balaban J connectivity index is 1.57. The lowest BCUT2D eigenvalue weighted by molar-refractivity contribution is 0.0298. The summed E-state index contributed by atoms with van der Waals surface area (Å²) < 4.78 is 11.9. The summed E-state index contributed by atoms with van der Waals surface area (Å²) in [5.41, 5.74) is 1.91. The van der Waals surface area contributed by atoms with Gasteiger partial charge < -0.3 is 19.7 Å². The van der Waals surface area contributed by atoms with Crippen LogP contribution in [0.1, 0.15) is 61.5 Å². The van der Waals surface area contributed by atoms with Gasteiger partial charge in [-0.2, -0.15) is 5.10 Å². The Morgan fingerprint density at radius 3 is 2.71 bits per heavy atom. The molecule has 0 bridgehead atoms. The molecule has 4 rings (SSSR count). The highest BCUT2D eigenvalue weighted by Crippen LogP contribution is 2.38. The molecule has 2 amide bonds. The summed E-state index contributed by atoms with van der Waals surface area (Å²) in [6, 6.07) is 1.49. The summed E-state index contributed by atoms with van der Waals surface area (Å²) in [6.07, 6.45) is 3.78. The molecule has 0 radical (unpaired) electrons. The molecule has 9 nitrogen and oxygen atoms in total. The fraction of sp³-hybridized carbons (Fsp3) is 0.524. The third-order valence-electron chi connectivity index (χ3n) is 5.51. The summed E-state index contributed by atoms with van der Waals surface area (Å²) in [5.74, 6) is -1.05. The summed E-state index contributed by atoms with van der Waals surface area (Å²) in [5, 5.41) is 7.60. The molecule has 0 unspecified atom stereocenters. The number of fused-ring (bicyclic) bond motifs is 1. The maximum Gasteiger partial charge on any atom is 0.341 e. The number of ether oxygens (including phenoxy) is 2. The number of hydrogen-bond acceptors (Lipinski definition) is 7. The normalized spacial score (nSPS) is 16.0. The van der Waals surface area contributed by atoms with Crippen molar-refractivity contribution < 1.29 is 23.9 Å². The molecule has 2 aromatic rings. The Bertz CT molecular complexity index is 1010. The highest BCUT2D eigenvalue weighted by Gasteiger charge is 2.29. The SMILES string of the molecule is CCOC(=O)c1c(NC(=O)c2cc(C(=O)N3CCOCC3)nn2C)sc2c1CCCC2. The molecule has 0 spiro atoms. The van der Waals surface area contributed by atoms with Gasteiger partial charge in [0, 0.05) is 31.1 Å². The monoisotopic (exact) mass is 446 g/mol. The van der Waals surface area contributed by atoms with Crippen molar-refractivity contribution in [3.63, 3.8) is 0 Å². The molecule has 1 saturated heterocycles. The average molecular weight is 447 g/mol. The number of morpholine rings is 1. The minimum Gasteiger partial charge on any atom is -0.462 e. The van der Waals surface area contributed by atoms with E-state index in [9.17, 15) is 14.4 Å². The minimum absolute atomic E-state index is 0.214. The van der Waals surface area contributed by atoms with Crippen LogP contribution in [0.4, 0.5) is 5.00 Å². The van der Waals surface area contributed by atoms with Crippen LogP contribution in [0.25, 0.3) is 0 Å². The first kappa shape index (κ1) is 21.5. The van der Waals surface area contributed by atoms with Gasteiger partial charge in [-0.15, -0.1) is 11.3 Å². The lowest BCUT2D eigenvalue weighted by atomic mass is 9.95. The molecule has 0 aromatic carbocycles. The topological polar surface area (TPSA) is 103 Å². The number of nitrogens with one attached hydrogen (secondary N) is 1. The summed E-state index contributed by atoms with van der Waals surface area (Å²) in [6.45, 7) is 4.02. The lowest BCUT2D eigenvalue weighted by Crippen LogP contribution is -2.40. The molecule has 166 valence electrons. The average Bonchev–Trinajstić information content (AvgIpc) is 3.34. The summed E-state index contributed by atoms with van der Waals surface area (Å²) in [7, 11) is 1.62. The van der Waals surface area contributed by atoms with E-state index in [1.807, 2.05) is 0 Å². The zero-order valence-corrected chi connectivity index (χ0v) is 18.5. The highest BCUT2D eigenvalue weighted by atomic mass is 32.1. The van der Waals surface area contributed by atoms with E-state index in [-0.39, 0.29) is 23.9 Å². The molecule has 1 N–H and O–H groups in total. The van der Waals surface area contributed by atoms with Crippen LogP contribution in [0.5, 0.6) is 0 Å². The van der Waals surface area contributed by atoms with Gasteiger partial charge in [0.25, 0.3) is 11.8 Å². The Morgan fingerprint density at radius 1 is 1.23 bits per heavy atom. The molecule has 10 heteroatoms. The Hall–Kier alpha value is -2.72. The van der Waals surface area contributed by atoms with Crippen LogP contribution in [0, 0.1) is 0 Å². The van der Waals surface area contributed by atoms with E-state index in [2.05, 4.69) is 10.4 Å². The second-order valence-corrected chi connectivity index (χ2v) is 8.64. The largest absolute Gasteiger partial charge is 0.462 e. The van der Waals surface area contributed by atoms with Crippen molar-refractivity contribution in [2.75, 3.05) is 38.2 Å². The Morgan fingerprint density at radius 2 is 1.97 bits per heavy atom. The van der Waals surface area contributed by atoms with Crippen molar-refractivity contribution in [1.29, 1.82) is 0 Å². The summed E-state index contributed by atoms with van der Waals surface area (Å²) >= 11 is 1.43. The number of carbonyl (C=O) groups is 3. The van der Waals surface area contributed by atoms with Crippen LogP contribution >= 0.6 is 11.3 Å². The number of amides is 2. The number of carbonyl (C=O) groups excluding carboxylic acids is 3. The van der Waals surface area contributed by atoms with E-state index in [1.54, 1.807) is 18.9 Å². The molecular formula is C21H26N4O5S. The van der Waals surface area contributed by atoms with Gasteiger partial charge in [0.2, 0.25) is 0 Å². The van der Waals surface area contributed by atoms with Gasteiger partial charge in [-0.3, -0.25) is 14.3 Å². The maximum absolute atomic E-state index is 13.0. The number of rotatable bonds is 5. The van der Waals surface area contributed by atoms with Gasteiger partial charge in [0.15, 0.2) is 5.69 Å². The number of nitrogens with zero attached hydrogens (tertiary/aromatic N) is 3. The number of aromatic nitrogens is 2. The zero-order chi connectivity index (χ0) is 22.0. The number of hydrogen-bond donors (Lipinski definition) is 1. The minimum atomic E-state index is -0.417. The third-order valence-corrected chi connectivity index (χ3v) is 6.72. The molecule has 0 saturated carbocycles. The van der Waals surface area contributed by atoms with E-state index in [4.69, 9.17) is 9.47 Å². The highest BCUT2D eigenvalue weighted by molar-refractivity contribution is 7.17. The second-order valence-electron chi connectivity index (χ2n) is 7.53. The molecule has 3 heterocycles. The quantitative estimate of drug-likeness (QED) is 0.707. The van der Waals surface area contributed by atoms with Crippen LogP contribution in [0.2, 0.25) is 0 Å². The van der Waals surface area contributed by atoms with Crippen molar-refractivity contribution in [3.05, 3.63) is 33.5 Å². The third kappa shape index (κ3) is 4.35. The van der Waals surface area contributed by atoms with Gasteiger partial charge >= 0.3 is 5.97 Å². The van der Waals surface area contributed by atoms with Crippen molar-refractivity contribution in [1.82, 2.24) is 14.7 Å². The van der Waals surface area contributed by atoms with Crippen LogP contribution in [0.15, 0.2) is 6.07 Å². The second kappa shape index (κ2) is 9.19. The van der Waals surface area contributed by atoms with Gasteiger partial charge in [-0.25, -0.2) is 4.79 Å². The first-order chi connectivity index (χ1) is 15.0. The Labute approximate surface area is 184 Å². The van der Waals surface area contributed by atoms with E-state index >= 15 is 0 Å². The van der Waals surface area contributed by atoms with Crippen molar-refractivity contribution >= 4 is 34.1 Å². The van der Waals surface area contributed by atoms with E-state index in [0.717, 1.165) is 36.1 Å². The fourth-order valence-electron chi connectivity index (χ4n) is 3.95. The number of thiophene rings is 1. The van der Waals surface area contributed by atoms with Crippen LogP contribution in [-0.4, -0.2) is 65.4 Å². The van der Waals surface area contributed by atoms with Gasteiger partial charge in [0.05, 0.1) is 25.4 Å². The number of anilines is 1. The predicted octanol–water partition coefficient (Wildman–Crippen LogP) is 2.26. The van der Waals surface area contributed by atoms with Crippen molar-refractivity contribution in [2.24, 2.45) is 7.05 Å². The van der Waals surface area contributed by atoms with Crippen molar-refractivity contribution in [2.45, 2.75) is 32.6 Å². The number of esters is 1. The smallest absolute Gasteiger partial charge is 0.341 e. The lowest BCUT2D eigenvalue weighted by Gasteiger charge is -2.25. The molecule has 0 atom stereocenters. The van der Waals surface area contributed by atoms with E-state index in [0.29, 0.717) is 36.9 Å². The molecular weight excluding hydrogens is 420 g/mol. The molecule has 1 aliphatic carbocycles. The van der Waals surface area contributed by atoms with E-state index < -0.39 is 11.9 Å². The molecule has 31 heavy (non-hydrogen) atoms. The molecule has 2 aliphatic rings. The van der Waals surface area contributed by atoms with Crippen LogP contribution < -0.4 is 5.32 Å². The first-order valence-electron chi connectivity index (χ1n) is 10.5. The van der Waals surface area contributed by atoms with E-state index in [1.165, 1.54) is 22.1 Å². The van der Waals surface area contributed by atoms with Gasteiger partial charge in [0.1, 0.15) is 10.7 Å². The molecule has 1 fully saturated rings. The van der Waals surface area contributed by atoms with Crippen LogP contribution in [0.3, 0.4) is 0 Å². The Kier molecular flexibility index (Phi) is 6.38. The van der Waals surface area contributed by atoms with Crippen LogP contribution in [-0.2, 0) is 29.4 Å². The van der Waals surface area contributed by atoms with Gasteiger partial charge in [-0.05, 0) is 38.2 Å². The standard InChI is InChI=1S/C21H26N4O5S/c1-3-30-21(28)17-13-6-4-5-7-16(13)31-19(17)22-18(26)15-12-14(23-24(15)2)20(27)25-8-10-29-11-9-25/h12H,3-11H2,1-2H3,(H,22,26). The molecule has 1 aliphatic heterocycles. The number of aryl methyl sites for hydroxylation is 2.